The molecule has 1 amide bonds. The molecule has 36 heavy (non-hydrogen) atoms. The molecule has 4 aromatic rings. The van der Waals surface area contributed by atoms with Crippen LogP contribution in [0, 0.1) is 0 Å². The molecule has 0 fully saturated rings. The minimum atomic E-state index is -1.05. The third-order valence-corrected chi connectivity index (χ3v) is 6.68. The van der Waals surface area contributed by atoms with Crippen LogP contribution in [0.2, 0.25) is 0 Å². The monoisotopic (exact) mass is 551 g/mol. The van der Waals surface area contributed by atoms with E-state index < -0.39 is 23.6 Å². The van der Waals surface area contributed by atoms with Gasteiger partial charge in [-0.1, -0.05) is 12.1 Å². The highest BCUT2D eigenvalue weighted by Crippen LogP contribution is 2.47. The van der Waals surface area contributed by atoms with E-state index >= 15 is 0 Å². The summed E-state index contributed by atoms with van der Waals surface area (Å²) in [4.78, 5) is 26.8. The maximum atomic E-state index is 13.6. The predicted octanol–water partition coefficient (Wildman–Crippen LogP) is 5.11. The lowest BCUT2D eigenvalue weighted by Crippen LogP contribution is -2.35. The molecule has 184 valence electrons. The number of halogens is 1. The Hall–Kier alpha value is -3.98. The highest BCUT2D eigenvalue weighted by atomic mass is 79.9. The molecule has 3 aromatic carbocycles. The maximum absolute atomic E-state index is 13.6. The first kappa shape index (κ1) is 23.7. The van der Waals surface area contributed by atoms with Crippen LogP contribution in [0.4, 0.5) is 5.69 Å². The third kappa shape index (κ3) is 4.05. The molecule has 1 N–H and O–H groups in total. The Morgan fingerprint density at radius 1 is 0.972 bits per heavy atom. The van der Waals surface area contributed by atoms with Gasteiger partial charge >= 0.3 is 5.63 Å². The molecular formula is C27H22BrNO7. The van der Waals surface area contributed by atoms with Gasteiger partial charge in [0.05, 0.1) is 42.7 Å². The van der Waals surface area contributed by atoms with E-state index in [0.717, 1.165) is 0 Å². The van der Waals surface area contributed by atoms with Crippen molar-refractivity contribution in [3.63, 3.8) is 0 Å². The molecular weight excluding hydrogens is 530 g/mol. The molecule has 9 heteroatoms. The topological polar surface area (TPSA) is 96.2 Å². The van der Waals surface area contributed by atoms with Gasteiger partial charge in [-0.2, -0.15) is 0 Å². The lowest BCUT2D eigenvalue weighted by atomic mass is 9.88. The number of carbonyl (C=O) groups is 1. The van der Waals surface area contributed by atoms with E-state index in [4.69, 9.17) is 23.4 Å². The third-order valence-electron chi connectivity index (χ3n) is 6.09. The zero-order valence-corrected chi connectivity index (χ0v) is 21.2. The molecule has 1 aliphatic rings. The SMILES string of the molecule is COc1ccc(NC(=O)C2Oc3c(c(=O)oc4ccccc34)C2c2cc(Br)c(OC)c(OC)c2)cc1. The summed E-state index contributed by atoms with van der Waals surface area (Å²) in [5.74, 6) is 0.730. The van der Waals surface area contributed by atoms with Crippen molar-refractivity contribution in [3.05, 3.63) is 86.7 Å². The van der Waals surface area contributed by atoms with Crippen molar-refractivity contribution < 1.29 is 28.2 Å². The van der Waals surface area contributed by atoms with E-state index in [2.05, 4.69) is 21.2 Å². The molecule has 8 nitrogen and oxygen atoms in total. The van der Waals surface area contributed by atoms with Crippen LogP contribution >= 0.6 is 15.9 Å². The molecule has 2 atom stereocenters. The van der Waals surface area contributed by atoms with Crippen molar-refractivity contribution in [2.75, 3.05) is 26.6 Å². The van der Waals surface area contributed by atoms with E-state index in [0.29, 0.717) is 49.7 Å². The smallest absolute Gasteiger partial charge is 0.344 e. The summed E-state index contributed by atoms with van der Waals surface area (Å²) in [6.07, 6.45) is -1.05. The summed E-state index contributed by atoms with van der Waals surface area (Å²) >= 11 is 3.51. The first-order valence-corrected chi connectivity index (χ1v) is 11.8. The summed E-state index contributed by atoms with van der Waals surface area (Å²) in [5.41, 5.74) is 1.26. The lowest BCUT2D eigenvalue weighted by molar-refractivity contribution is -0.122. The van der Waals surface area contributed by atoms with Crippen LogP contribution in [0.25, 0.3) is 11.0 Å². The van der Waals surface area contributed by atoms with Gasteiger partial charge in [-0.25, -0.2) is 4.79 Å². The van der Waals surface area contributed by atoms with Gasteiger partial charge in [0.25, 0.3) is 5.91 Å². The van der Waals surface area contributed by atoms with E-state index in [9.17, 15) is 9.59 Å². The average molecular weight is 552 g/mol. The summed E-state index contributed by atoms with van der Waals surface area (Å²) in [5, 5.41) is 3.49. The quantitative estimate of drug-likeness (QED) is 0.332. The number of anilines is 1. The van der Waals surface area contributed by atoms with Crippen LogP contribution in [-0.4, -0.2) is 33.3 Å². The van der Waals surface area contributed by atoms with Gasteiger partial charge in [-0.3, -0.25) is 4.79 Å². The van der Waals surface area contributed by atoms with Crippen molar-refractivity contribution >= 4 is 38.5 Å². The number of fused-ring (bicyclic) bond motifs is 3. The van der Waals surface area contributed by atoms with E-state index in [1.165, 1.54) is 14.2 Å². The van der Waals surface area contributed by atoms with Gasteiger partial charge in [0, 0.05) is 5.69 Å². The predicted molar refractivity (Wildman–Crippen MR) is 138 cm³/mol. The average Bonchev–Trinajstić information content (AvgIpc) is 3.30. The second kappa shape index (κ2) is 9.58. The minimum absolute atomic E-state index is 0.266. The molecule has 2 unspecified atom stereocenters. The summed E-state index contributed by atoms with van der Waals surface area (Å²) < 4.78 is 28.6. The largest absolute Gasteiger partial charge is 0.497 e. The normalized spacial score (nSPS) is 16.2. The molecule has 0 saturated heterocycles. The number of nitrogens with one attached hydrogen (secondary N) is 1. The molecule has 0 spiro atoms. The number of amides is 1. The van der Waals surface area contributed by atoms with E-state index in [1.54, 1.807) is 61.7 Å². The Bertz CT molecular complexity index is 1510. The number of hydrogen-bond donors (Lipinski definition) is 1. The van der Waals surface area contributed by atoms with Crippen LogP contribution in [0.3, 0.4) is 0 Å². The number of rotatable bonds is 6. The minimum Gasteiger partial charge on any atom is -0.497 e. The number of ether oxygens (including phenoxy) is 4. The van der Waals surface area contributed by atoms with Gasteiger partial charge in [0.1, 0.15) is 17.1 Å². The Labute approximate surface area is 214 Å². The summed E-state index contributed by atoms with van der Waals surface area (Å²) in [6, 6.07) is 17.5. The molecule has 1 aliphatic heterocycles. The zero-order valence-electron chi connectivity index (χ0n) is 19.7. The molecule has 1 aromatic heterocycles. The fraction of sp³-hybridized carbons (Fsp3) is 0.185. The van der Waals surface area contributed by atoms with Gasteiger partial charge in [0.15, 0.2) is 17.6 Å². The van der Waals surface area contributed by atoms with Crippen LogP contribution in [0.1, 0.15) is 17.0 Å². The second-order valence-corrected chi connectivity index (χ2v) is 8.95. The zero-order chi connectivity index (χ0) is 25.4. The first-order valence-electron chi connectivity index (χ1n) is 11.0. The number of para-hydroxylation sites is 1. The fourth-order valence-electron chi connectivity index (χ4n) is 4.43. The van der Waals surface area contributed by atoms with Crippen molar-refractivity contribution in [1.29, 1.82) is 0 Å². The van der Waals surface area contributed by atoms with E-state index in [-0.39, 0.29) is 5.56 Å². The molecule has 0 bridgehead atoms. The standard InChI is InChI=1S/C27H22BrNO7/c1-32-16-10-8-15(9-11-16)29-26(30)25-21(14-12-18(28)24(34-3)20(13-14)33-2)22-23(36-25)17-6-4-5-7-19(17)35-27(22)31/h4-13,21,25H,1-3H3,(H,29,30). The summed E-state index contributed by atoms with van der Waals surface area (Å²) in [7, 11) is 4.62. The van der Waals surface area contributed by atoms with Gasteiger partial charge in [-0.15, -0.1) is 0 Å². The summed E-state index contributed by atoms with van der Waals surface area (Å²) in [6.45, 7) is 0. The number of hydrogen-bond acceptors (Lipinski definition) is 7. The maximum Gasteiger partial charge on any atom is 0.344 e. The van der Waals surface area contributed by atoms with E-state index in [1.807, 2.05) is 6.07 Å². The fourth-order valence-corrected chi connectivity index (χ4v) is 5.05. The van der Waals surface area contributed by atoms with Crippen molar-refractivity contribution in [2.45, 2.75) is 12.0 Å². The van der Waals surface area contributed by atoms with Crippen molar-refractivity contribution in [1.82, 2.24) is 0 Å². The van der Waals surface area contributed by atoms with Crippen LogP contribution in [0.15, 0.2) is 74.3 Å². The molecule has 2 heterocycles. The van der Waals surface area contributed by atoms with Gasteiger partial charge < -0.3 is 28.7 Å². The van der Waals surface area contributed by atoms with Crippen molar-refractivity contribution in [2.24, 2.45) is 0 Å². The number of benzene rings is 3. The molecule has 0 saturated carbocycles. The Balaban J connectivity index is 1.65. The highest BCUT2D eigenvalue weighted by Gasteiger charge is 2.44. The molecule has 0 radical (unpaired) electrons. The molecule has 0 aliphatic carbocycles. The lowest BCUT2D eigenvalue weighted by Gasteiger charge is -2.20. The van der Waals surface area contributed by atoms with Gasteiger partial charge in [-0.05, 0) is 70.0 Å². The number of methoxy groups -OCH3 is 3. The Morgan fingerprint density at radius 2 is 1.72 bits per heavy atom. The van der Waals surface area contributed by atoms with Crippen LogP contribution in [0.5, 0.6) is 23.0 Å². The van der Waals surface area contributed by atoms with Crippen LogP contribution in [-0.2, 0) is 4.79 Å². The van der Waals surface area contributed by atoms with Crippen molar-refractivity contribution in [3.8, 4) is 23.0 Å². The second-order valence-electron chi connectivity index (χ2n) is 8.10. The Kier molecular flexibility index (Phi) is 6.32. The molecule has 5 rings (SSSR count). The first-order chi connectivity index (χ1) is 17.4. The number of carbonyl (C=O) groups excluding carboxylic acids is 1. The van der Waals surface area contributed by atoms with Gasteiger partial charge in [0.2, 0.25) is 0 Å². The van der Waals surface area contributed by atoms with Crippen LogP contribution < -0.4 is 29.9 Å². The Morgan fingerprint density at radius 3 is 2.42 bits per heavy atom. The highest BCUT2D eigenvalue weighted by molar-refractivity contribution is 9.10.